The second kappa shape index (κ2) is 4.80. The second-order valence-electron chi connectivity index (χ2n) is 6.40. The summed E-state index contributed by atoms with van der Waals surface area (Å²) in [5.74, 6) is 1.79. The smallest absolute Gasteiger partial charge is 0.127 e. The van der Waals surface area contributed by atoms with Crippen LogP contribution in [0.15, 0.2) is 30.8 Å². The van der Waals surface area contributed by atoms with Crippen molar-refractivity contribution in [3.8, 4) is 11.5 Å². The molecule has 3 rings (SSSR count). The Hall–Kier alpha value is -1.96. The van der Waals surface area contributed by atoms with Crippen molar-refractivity contribution in [1.29, 1.82) is 0 Å². The minimum absolute atomic E-state index is 0.140. The number of fused-ring (bicyclic) bond motifs is 3. The number of hydrogen-bond donors (Lipinski definition) is 0. The molecule has 0 aliphatic heterocycles. The molecule has 21 heavy (non-hydrogen) atoms. The van der Waals surface area contributed by atoms with Gasteiger partial charge in [-0.25, -0.2) is 0 Å². The molecule has 0 spiro atoms. The van der Waals surface area contributed by atoms with E-state index < -0.39 is 0 Å². The van der Waals surface area contributed by atoms with E-state index in [2.05, 4.69) is 38.6 Å². The van der Waals surface area contributed by atoms with Crippen LogP contribution in [0.3, 0.4) is 0 Å². The van der Waals surface area contributed by atoms with Gasteiger partial charge in [0, 0.05) is 5.39 Å². The summed E-state index contributed by atoms with van der Waals surface area (Å²) < 4.78 is 11.0. The number of benzene rings is 2. The zero-order chi connectivity index (χ0) is 15.2. The highest BCUT2D eigenvalue weighted by molar-refractivity contribution is 6.00. The molecular weight excluding hydrogens is 260 g/mol. The van der Waals surface area contributed by atoms with Crippen molar-refractivity contribution in [3.63, 3.8) is 0 Å². The van der Waals surface area contributed by atoms with Crippen LogP contribution in [0.5, 0.6) is 11.5 Å². The van der Waals surface area contributed by atoms with Crippen LogP contribution in [0.2, 0.25) is 0 Å². The molecule has 0 saturated carbocycles. The second-order valence-corrected chi connectivity index (χ2v) is 6.40. The van der Waals surface area contributed by atoms with Crippen LogP contribution in [-0.4, -0.2) is 14.2 Å². The van der Waals surface area contributed by atoms with Crippen LogP contribution in [-0.2, 0) is 5.41 Å². The lowest BCUT2D eigenvalue weighted by molar-refractivity contribution is 0.412. The third-order valence-electron chi connectivity index (χ3n) is 4.66. The van der Waals surface area contributed by atoms with E-state index >= 15 is 0 Å². The molecule has 2 aromatic rings. The summed E-state index contributed by atoms with van der Waals surface area (Å²) >= 11 is 0. The molecular formula is C19H22O2. The van der Waals surface area contributed by atoms with Crippen molar-refractivity contribution in [3.05, 3.63) is 42.0 Å². The van der Waals surface area contributed by atoms with Gasteiger partial charge in [0.25, 0.3) is 0 Å². The predicted molar refractivity (Wildman–Crippen MR) is 88.3 cm³/mol. The Morgan fingerprint density at radius 2 is 1.81 bits per heavy atom. The molecule has 1 aliphatic carbocycles. The first kappa shape index (κ1) is 14.0. The van der Waals surface area contributed by atoms with Crippen LogP contribution in [0.4, 0.5) is 0 Å². The van der Waals surface area contributed by atoms with Crippen molar-refractivity contribution in [2.24, 2.45) is 0 Å². The fraction of sp³-hybridized carbons (Fsp3) is 0.368. The van der Waals surface area contributed by atoms with E-state index in [1.807, 2.05) is 6.07 Å². The minimum atomic E-state index is 0.140. The molecule has 0 aromatic heterocycles. The van der Waals surface area contributed by atoms with E-state index in [0.29, 0.717) is 0 Å². The zero-order valence-electron chi connectivity index (χ0n) is 13.2. The third-order valence-corrected chi connectivity index (χ3v) is 4.66. The first-order valence-corrected chi connectivity index (χ1v) is 7.35. The van der Waals surface area contributed by atoms with Crippen LogP contribution < -0.4 is 9.47 Å². The maximum atomic E-state index is 5.63. The van der Waals surface area contributed by atoms with Crippen molar-refractivity contribution < 1.29 is 9.47 Å². The number of hydrogen-bond acceptors (Lipinski definition) is 2. The summed E-state index contributed by atoms with van der Waals surface area (Å²) in [7, 11) is 3.43. The fourth-order valence-corrected chi connectivity index (χ4v) is 3.30. The molecule has 0 atom stereocenters. The Labute approximate surface area is 126 Å². The van der Waals surface area contributed by atoms with Gasteiger partial charge in [-0.15, -0.1) is 0 Å². The Morgan fingerprint density at radius 3 is 2.48 bits per heavy atom. The third kappa shape index (κ3) is 2.10. The summed E-state index contributed by atoms with van der Waals surface area (Å²) in [5.41, 5.74) is 3.96. The normalized spacial score (nSPS) is 16.7. The van der Waals surface area contributed by atoms with Gasteiger partial charge in [0.15, 0.2) is 0 Å². The monoisotopic (exact) mass is 282 g/mol. The summed E-state index contributed by atoms with van der Waals surface area (Å²) in [6.07, 6.45) is 2.16. The molecule has 0 N–H and O–H groups in total. The molecule has 1 aliphatic rings. The lowest BCUT2D eigenvalue weighted by Crippen LogP contribution is -2.23. The average molecular weight is 282 g/mol. The number of ether oxygens (including phenoxy) is 2. The van der Waals surface area contributed by atoms with E-state index in [1.165, 1.54) is 22.1 Å². The summed E-state index contributed by atoms with van der Waals surface area (Å²) in [5, 5.41) is 2.30. The summed E-state index contributed by atoms with van der Waals surface area (Å²) in [6.45, 7) is 8.89. The Balaban J connectivity index is 2.44. The van der Waals surface area contributed by atoms with Gasteiger partial charge in [0.05, 0.1) is 14.2 Å². The van der Waals surface area contributed by atoms with Gasteiger partial charge in [-0.3, -0.25) is 0 Å². The van der Waals surface area contributed by atoms with E-state index in [0.717, 1.165) is 29.7 Å². The molecule has 2 nitrogen and oxygen atoms in total. The predicted octanol–water partition coefficient (Wildman–Crippen LogP) is 4.94. The van der Waals surface area contributed by atoms with Crippen molar-refractivity contribution in [2.45, 2.75) is 32.1 Å². The molecule has 2 heteroatoms. The fourth-order valence-electron chi connectivity index (χ4n) is 3.30. The van der Waals surface area contributed by atoms with Crippen molar-refractivity contribution in [2.75, 3.05) is 14.2 Å². The largest absolute Gasteiger partial charge is 0.497 e. The molecule has 0 saturated heterocycles. The molecule has 0 bridgehead atoms. The quantitative estimate of drug-likeness (QED) is 0.776. The van der Waals surface area contributed by atoms with Crippen molar-refractivity contribution >= 4 is 16.3 Å². The van der Waals surface area contributed by atoms with Crippen LogP contribution in [0.25, 0.3) is 16.3 Å². The average Bonchev–Trinajstić information content (AvgIpc) is 2.49. The first-order chi connectivity index (χ1) is 9.97. The number of methoxy groups -OCH3 is 2. The minimum Gasteiger partial charge on any atom is -0.497 e. The molecule has 110 valence electrons. The highest BCUT2D eigenvalue weighted by Gasteiger charge is 2.31. The maximum Gasteiger partial charge on any atom is 0.127 e. The maximum absolute atomic E-state index is 5.63. The van der Waals surface area contributed by atoms with Crippen molar-refractivity contribution in [1.82, 2.24) is 0 Å². The van der Waals surface area contributed by atoms with Gasteiger partial charge in [-0.05, 0) is 64.6 Å². The number of rotatable bonds is 2. The van der Waals surface area contributed by atoms with Gasteiger partial charge in [0.1, 0.15) is 11.5 Å². The molecule has 0 heterocycles. The zero-order valence-corrected chi connectivity index (χ0v) is 13.2. The standard InChI is InChI=1S/C19H22O2/c1-12-8-9-19(2,3)16-11-17(21-5)14-7-6-13(20-4)10-15(14)18(12)16/h6-7,10-11H,1,8-9H2,2-5H3. The van der Waals surface area contributed by atoms with Gasteiger partial charge >= 0.3 is 0 Å². The Bertz CT molecular complexity index is 726. The SMILES string of the molecule is C=C1CCC(C)(C)c2cc(OC)c3ccc(OC)cc3c21. The highest BCUT2D eigenvalue weighted by atomic mass is 16.5. The summed E-state index contributed by atoms with van der Waals surface area (Å²) in [4.78, 5) is 0. The van der Waals surface area contributed by atoms with E-state index in [1.54, 1.807) is 14.2 Å². The highest BCUT2D eigenvalue weighted by Crippen LogP contribution is 2.47. The lowest BCUT2D eigenvalue weighted by atomic mass is 9.70. The van der Waals surface area contributed by atoms with E-state index in [9.17, 15) is 0 Å². The van der Waals surface area contributed by atoms with Crippen LogP contribution >= 0.6 is 0 Å². The molecule has 0 unspecified atom stereocenters. The van der Waals surface area contributed by atoms with Crippen LogP contribution in [0.1, 0.15) is 37.8 Å². The first-order valence-electron chi connectivity index (χ1n) is 7.35. The molecule has 0 radical (unpaired) electrons. The van der Waals surface area contributed by atoms with E-state index in [-0.39, 0.29) is 5.41 Å². The van der Waals surface area contributed by atoms with Gasteiger partial charge in [-0.2, -0.15) is 0 Å². The van der Waals surface area contributed by atoms with Crippen LogP contribution in [0, 0.1) is 0 Å². The lowest BCUT2D eigenvalue weighted by Gasteiger charge is -2.35. The van der Waals surface area contributed by atoms with Gasteiger partial charge < -0.3 is 9.47 Å². The summed E-state index contributed by atoms with van der Waals surface area (Å²) in [6, 6.07) is 8.34. The van der Waals surface area contributed by atoms with E-state index in [4.69, 9.17) is 9.47 Å². The topological polar surface area (TPSA) is 18.5 Å². The van der Waals surface area contributed by atoms with Gasteiger partial charge in [-0.1, -0.05) is 20.4 Å². The Kier molecular flexibility index (Phi) is 3.20. The molecule has 0 amide bonds. The number of allylic oxidation sites excluding steroid dienone is 1. The van der Waals surface area contributed by atoms with Gasteiger partial charge in [0.2, 0.25) is 0 Å². The molecule has 0 fully saturated rings. The Morgan fingerprint density at radius 1 is 1.05 bits per heavy atom. The molecule has 2 aromatic carbocycles.